The summed E-state index contributed by atoms with van der Waals surface area (Å²) in [6.07, 6.45) is 3.84. The summed E-state index contributed by atoms with van der Waals surface area (Å²) >= 11 is 0. The van der Waals surface area contributed by atoms with Crippen molar-refractivity contribution in [2.24, 2.45) is 29.6 Å². The Morgan fingerprint density at radius 2 is 1.88 bits per heavy atom. The van der Waals surface area contributed by atoms with E-state index in [1.54, 1.807) is 0 Å². The van der Waals surface area contributed by atoms with Gasteiger partial charge in [0, 0.05) is 23.7 Å². The highest BCUT2D eigenvalue weighted by Gasteiger charge is 2.37. The van der Waals surface area contributed by atoms with Crippen LogP contribution in [0.4, 0.5) is 22.0 Å². The van der Waals surface area contributed by atoms with Crippen molar-refractivity contribution in [2.75, 3.05) is 13.2 Å². The van der Waals surface area contributed by atoms with Gasteiger partial charge in [-0.3, -0.25) is 0 Å². The van der Waals surface area contributed by atoms with Crippen LogP contribution in [0.1, 0.15) is 51.9 Å². The van der Waals surface area contributed by atoms with E-state index in [2.05, 4.69) is 13.5 Å². The zero-order valence-corrected chi connectivity index (χ0v) is 19.2. The predicted molar refractivity (Wildman–Crippen MR) is 119 cm³/mol. The van der Waals surface area contributed by atoms with Gasteiger partial charge in [-0.15, -0.1) is 6.58 Å². The first-order valence-corrected chi connectivity index (χ1v) is 12.1. The average Bonchev–Trinajstić information content (AvgIpc) is 2.80. The third kappa shape index (κ3) is 6.78. The summed E-state index contributed by atoms with van der Waals surface area (Å²) in [7, 11) is 0. The first kappa shape index (κ1) is 26.1. The largest absolute Gasteiger partial charge is 0.352 e. The van der Waals surface area contributed by atoms with Crippen LogP contribution in [0.25, 0.3) is 0 Å². The highest BCUT2D eigenvalue weighted by Crippen LogP contribution is 2.40. The van der Waals surface area contributed by atoms with Crippen LogP contribution in [0.2, 0.25) is 0 Å². The second kappa shape index (κ2) is 12.3. The summed E-state index contributed by atoms with van der Waals surface area (Å²) in [5.74, 6) is -3.98. The molecule has 33 heavy (non-hydrogen) atoms. The summed E-state index contributed by atoms with van der Waals surface area (Å²) in [4.78, 5) is 0. The summed E-state index contributed by atoms with van der Waals surface area (Å²) < 4.78 is 82.4. The molecular formula is C26H35F5O2. The summed E-state index contributed by atoms with van der Waals surface area (Å²) in [6, 6.07) is 0. The molecule has 6 atom stereocenters. The van der Waals surface area contributed by atoms with Gasteiger partial charge in [-0.2, -0.15) is 0 Å². The van der Waals surface area contributed by atoms with Gasteiger partial charge >= 0.3 is 0 Å². The Labute approximate surface area is 193 Å². The van der Waals surface area contributed by atoms with Crippen molar-refractivity contribution in [1.82, 2.24) is 0 Å². The van der Waals surface area contributed by atoms with Gasteiger partial charge in [-0.05, 0) is 56.6 Å². The average molecular weight is 475 g/mol. The Balaban J connectivity index is 1.59. The fraction of sp³-hybridized carbons (Fsp3) is 0.692. The number of halogens is 5. The van der Waals surface area contributed by atoms with Gasteiger partial charge < -0.3 is 9.47 Å². The minimum Gasteiger partial charge on any atom is -0.352 e. The Kier molecular flexibility index (Phi) is 9.74. The number of alkyl halides is 2. The number of ether oxygens (including phenoxy) is 2. The smallest absolute Gasteiger partial charge is 0.182 e. The Hall–Kier alpha value is -1.47. The monoisotopic (exact) mass is 474 g/mol. The molecule has 1 unspecified atom stereocenters. The van der Waals surface area contributed by atoms with Crippen LogP contribution >= 0.6 is 0 Å². The molecular weight excluding hydrogens is 439 g/mol. The van der Waals surface area contributed by atoms with Crippen LogP contribution in [0.5, 0.6) is 0 Å². The maximum absolute atomic E-state index is 15.0. The molecule has 0 aromatic heterocycles. The zero-order chi connectivity index (χ0) is 24.0. The molecule has 0 amide bonds. The molecule has 7 heteroatoms. The number of rotatable bonds is 9. The molecule has 186 valence electrons. The first-order valence-electron chi connectivity index (χ1n) is 12.1. The second-order valence-electron chi connectivity index (χ2n) is 9.50. The minimum absolute atomic E-state index is 0.142. The molecule has 2 nitrogen and oxygen atoms in total. The van der Waals surface area contributed by atoms with E-state index in [1.165, 1.54) is 18.2 Å². The van der Waals surface area contributed by atoms with E-state index in [1.807, 2.05) is 0 Å². The van der Waals surface area contributed by atoms with Crippen molar-refractivity contribution in [3.8, 4) is 0 Å². The summed E-state index contributed by atoms with van der Waals surface area (Å²) in [5.41, 5.74) is 0. The third-order valence-electron chi connectivity index (χ3n) is 6.99. The van der Waals surface area contributed by atoms with E-state index >= 15 is 4.39 Å². The standard InChI is InChI=1S/C26H35F5O2/c1-3-5-16-14-32-26(33-15-16)18-8-7-17(22(28)11-18)9-10-21(27)20(6-4-2)19-12-23(29)25(31)24(30)13-19/h4,10-12,16-20,24-26H,2-3,5-9,13-15H2,1H3/b21-10+/t16?,17-,18-,19+,20-,24?,25-,26?/m1/s1. The van der Waals surface area contributed by atoms with Crippen molar-refractivity contribution in [2.45, 2.75) is 70.5 Å². The van der Waals surface area contributed by atoms with Crippen molar-refractivity contribution in [1.29, 1.82) is 0 Å². The maximum Gasteiger partial charge on any atom is 0.182 e. The fourth-order valence-corrected chi connectivity index (χ4v) is 5.06. The SMILES string of the molecule is C=CC[C@@H](/C(F)=C\C[C@H]1CC[C@@H](C2OCC(CCC)CO2)C=C1F)[C@H]1C=C(F)[C@@H](F)C(F)C1. The molecule has 0 aromatic rings. The van der Waals surface area contributed by atoms with Gasteiger partial charge in [-0.1, -0.05) is 25.5 Å². The molecule has 2 aliphatic carbocycles. The molecule has 3 rings (SSSR count). The van der Waals surface area contributed by atoms with Gasteiger partial charge in [-0.25, -0.2) is 22.0 Å². The molecule has 1 heterocycles. The lowest BCUT2D eigenvalue weighted by Crippen LogP contribution is -2.37. The fourth-order valence-electron chi connectivity index (χ4n) is 5.06. The molecule has 0 aromatic carbocycles. The Morgan fingerprint density at radius 1 is 1.15 bits per heavy atom. The van der Waals surface area contributed by atoms with E-state index in [0.29, 0.717) is 32.0 Å². The lowest BCUT2D eigenvalue weighted by Gasteiger charge is -2.35. The first-order chi connectivity index (χ1) is 15.8. The number of allylic oxidation sites excluding steroid dienone is 6. The molecule has 0 saturated carbocycles. The third-order valence-corrected chi connectivity index (χ3v) is 6.99. The van der Waals surface area contributed by atoms with E-state index < -0.39 is 48.0 Å². The van der Waals surface area contributed by atoms with Crippen LogP contribution in [0.15, 0.2) is 48.4 Å². The quantitative estimate of drug-likeness (QED) is 0.253. The van der Waals surface area contributed by atoms with E-state index in [9.17, 15) is 17.6 Å². The molecule has 1 fully saturated rings. The molecule has 0 spiro atoms. The molecule has 0 radical (unpaired) electrons. The van der Waals surface area contributed by atoms with E-state index in [-0.39, 0.29) is 31.0 Å². The zero-order valence-electron chi connectivity index (χ0n) is 19.2. The lowest BCUT2D eigenvalue weighted by atomic mass is 9.79. The van der Waals surface area contributed by atoms with Gasteiger partial charge in [0.05, 0.1) is 24.9 Å². The number of hydrogen-bond acceptors (Lipinski definition) is 2. The Morgan fingerprint density at radius 3 is 2.48 bits per heavy atom. The summed E-state index contributed by atoms with van der Waals surface area (Å²) in [6.45, 7) is 6.94. The molecule has 0 N–H and O–H groups in total. The predicted octanol–water partition coefficient (Wildman–Crippen LogP) is 7.64. The van der Waals surface area contributed by atoms with Gasteiger partial charge in [0.2, 0.25) is 0 Å². The highest BCUT2D eigenvalue weighted by molar-refractivity contribution is 5.16. The van der Waals surface area contributed by atoms with Gasteiger partial charge in [0.25, 0.3) is 0 Å². The van der Waals surface area contributed by atoms with Crippen LogP contribution in [0, 0.1) is 29.6 Å². The van der Waals surface area contributed by atoms with Gasteiger partial charge in [0.15, 0.2) is 12.5 Å². The Bertz CT molecular complexity index is 741. The van der Waals surface area contributed by atoms with Crippen molar-refractivity contribution >= 4 is 0 Å². The normalized spacial score (nSPS) is 36.7. The molecule has 1 saturated heterocycles. The van der Waals surface area contributed by atoms with Crippen molar-refractivity contribution < 1.29 is 31.4 Å². The molecule has 3 aliphatic rings. The highest BCUT2D eigenvalue weighted by atomic mass is 19.2. The molecule has 0 bridgehead atoms. The number of hydrogen-bond donors (Lipinski definition) is 0. The maximum atomic E-state index is 15.0. The van der Waals surface area contributed by atoms with E-state index in [4.69, 9.17) is 9.47 Å². The topological polar surface area (TPSA) is 18.5 Å². The minimum atomic E-state index is -2.29. The van der Waals surface area contributed by atoms with Crippen LogP contribution in [-0.2, 0) is 9.47 Å². The van der Waals surface area contributed by atoms with Crippen molar-refractivity contribution in [3.05, 3.63) is 48.4 Å². The van der Waals surface area contributed by atoms with Crippen molar-refractivity contribution in [3.63, 3.8) is 0 Å². The van der Waals surface area contributed by atoms with Crippen LogP contribution in [-0.4, -0.2) is 31.8 Å². The lowest BCUT2D eigenvalue weighted by molar-refractivity contribution is -0.220. The second-order valence-corrected chi connectivity index (χ2v) is 9.50. The van der Waals surface area contributed by atoms with Crippen LogP contribution < -0.4 is 0 Å². The van der Waals surface area contributed by atoms with Gasteiger partial charge in [0.1, 0.15) is 12.0 Å². The molecule has 1 aliphatic heterocycles. The summed E-state index contributed by atoms with van der Waals surface area (Å²) in [5, 5.41) is 0. The van der Waals surface area contributed by atoms with Crippen LogP contribution in [0.3, 0.4) is 0 Å². The van der Waals surface area contributed by atoms with E-state index in [0.717, 1.165) is 18.9 Å².